The van der Waals surface area contributed by atoms with Gasteiger partial charge in [-0.3, -0.25) is 4.79 Å². The Bertz CT molecular complexity index is 839. The third kappa shape index (κ3) is 3.27. The summed E-state index contributed by atoms with van der Waals surface area (Å²) in [6.07, 6.45) is 2.73. The third-order valence-corrected chi connectivity index (χ3v) is 6.33. The molecule has 1 amide bonds. The van der Waals surface area contributed by atoms with Crippen LogP contribution in [0.2, 0.25) is 0 Å². The summed E-state index contributed by atoms with van der Waals surface area (Å²) in [5, 5.41) is 1.06. The standard InChI is InChI=1S/C17H22N2O3S/c1-3-19(14-6-7-23(21,22)11-14)17(20)9-13-10-18-16-5-4-12(2)8-15(13)16/h4-5,8,10,14,18H,3,6-7,9,11H2,1-2H3. The first kappa shape index (κ1) is 16.1. The van der Waals surface area contributed by atoms with Crippen molar-refractivity contribution in [3.8, 4) is 0 Å². The van der Waals surface area contributed by atoms with Crippen LogP contribution in [-0.2, 0) is 21.1 Å². The van der Waals surface area contributed by atoms with Crippen LogP contribution < -0.4 is 0 Å². The van der Waals surface area contributed by atoms with Gasteiger partial charge in [-0.15, -0.1) is 0 Å². The second-order valence-electron chi connectivity index (χ2n) is 6.28. The van der Waals surface area contributed by atoms with Gasteiger partial charge in [0.05, 0.1) is 17.9 Å². The number of benzene rings is 1. The van der Waals surface area contributed by atoms with Crippen molar-refractivity contribution in [3.05, 3.63) is 35.5 Å². The lowest BCUT2D eigenvalue weighted by Gasteiger charge is -2.26. The number of fused-ring (bicyclic) bond motifs is 1. The fraction of sp³-hybridized carbons (Fsp3) is 0.471. The first-order valence-electron chi connectivity index (χ1n) is 7.96. The largest absolute Gasteiger partial charge is 0.361 e. The van der Waals surface area contributed by atoms with Crippen LogP contribution in [0.25, 0.3) is 10.9 Å². The lowest BCUT2D eigenvalue weighted by molar-refractivity contribution is -0.132. The summed E-state index contributed by atoms with van der Waals surface area (Å²) in [5.74, 6) is 0.282. The van der Waals surface area contributed by atoms with Crippen LogP contribution >= 0.6 is 0 Å². The number of aryl methyl sites for hydroxylation is 1. The molecule has 1 aliphatic heterocycles. The van der Waals surface area contributed by atoms with Gasteiger partial charge in [0.1, 0.15) is 0 Å². The molecule has 1 saturated heterocycles. The molecule has 3 rings (SSSR count). The van der Waals surface area contributed by atoms with Crippen molar-refractivity contribution in [1.82, 2.24) is 9.88 Å². The van der Waals surface area contributed by atoms with Gasteiger partial charge >= 0.3 is 0 Å². The van der Waals surface area contributed by atoms with Crippen molar-refractivity contribution >= 4 is 26.6 Å². The molecule has 1 aliphatic rings. The quantitative estimate of drug-likeness (QED) is 0.930. The first-order valence-corrected chi connectivity index (χ1v) is 9.78. The predicted molar refractivity (Wildman–Crippen MR) is 91.2 cm³/mol. The number of aromatic nitrogens is 1. The summed E-state index contributed by atoms with van der Waals surface area (Å²) < 4.78 is 23.3. The van der Waals surface area contributed by atoms with E-state index in [0.29, 0.717) is 19.4 Å². The summed E-state index contributed by atoms with van der Waals surface area (Å²) in [6, 6.07) is 5.95. The minimum absolute atomic E-state index is 0.00277. The lowest BCUT2D eigenvalue weighted by Crippen LogP contribution is -2.41. The molecule has 0 aliphatic carbocycles. The lowest BCUT2D eigenvalue weighted by atomic mass is 10.1. The number of sulfone groups is 1. The molecule has 0 bridgehead atoms. The van der Waals surface area contributed by atoms with Gasteiger partial charge < -0.3 is 9.88 Å². The molecule has 1 aromatic heterocycles. The molecule has 6 heteroatoms. The number of carbonyl (C=O) groups is 1. The number of carbonyl (C=O) groups excluding carboxylic acids is 1. The second-order valence-corrected chi connectivity index (χ2v) is 8.51. The SMILES string of the molecule is CCN(C(=O)Cc1c[nH]c2ccc(C)cc12)C1CCS(=O)(=O)C1. The van der Waals surface area contributed by atoms with Crippen LogP contribution in [0.1, 0.15) is 24.5 Å². The van der Waals surface area contributed by atoms with Crippen LogP contribution in [0.3, 0.4) is 0 Å². The van der Waals surface area contributed by atoms with Gasteiger partial charge in [-0.25, -0.2) is 8.42 Å². The van der Waals surface area contributed by atoms with E-state index in [2.05, 4.69) is 11.1 Å². The van der Waals surface area contributed by atoms with E-state index in [1.165, 1.54) is 0 Å². The van der Waals surface area contributed by atoms with Crippen molar-refractivity contribution in [2.75, 3.05) is 18.1 Å². The molecule has 1 aromatic carbocycles. The molecule has 1 atom stereocenters. The fourth-order valence-corrected chi connectivity index (χ4v) is 5.09. The van der Waals surface area contributed by atoms with Gasteiger partial charge in [0.2, 0.25) is 5.91 Å². The molecule has 0 saturated carbocycles. The highest BCUT2D eigenvalue weighted by Crippen LogP contribution is 2.23. The van der Waals surface area contributed by atoms with Crippen LogP contribution in [-0.4, -0.2) is 48.3 Å². The summed E-state index contributed by atoms with van der Waals surface area (Å²) in [6.45, 7) is 4.47. The number of hydrogen-bond acceptors (Lipinski definition) is 3. The average molecular weight is 334 g/mol. The molecule has 23 heavy (non-hydrogen) atoms. The Morgan fingerprint density at radius 2 is 2.17 bits per heavy atom. The molecular weight excluding hydrogens is 312 g/mol. The Balaban J connectivity index is 1.80. The molecule has 0 spiro atoms. The zero-order chi connectivity index (χ0) is 16.6. The van der Waals surface area contributed by atoms with Crippen LogP contribution in [0.15, 0.2) is 24.4 Å². The van der Waals surface area contributed by atoms with Gasteiger partial charge in [-0.2, -0.15) is 0 Å². The minimum atomic E-state index is -2.99. The number of likely N-dealkylation sites (N-methyl/N-ethyl adjacent to an activating group) is 1. The number of H-pyrrole nitrogens is 1. The van der Waals surface area contributed by atoms with Gasteiger partial charge in [0, 0.05) is 29.7 Å². The van der Waals surface area contributed by atoms with Gasteiger partial charge in [0.15, 0.2) is 9.84 Å². The van der Waals surface area contributed by atoms with Crippen molar-refractivity contribution in [3.63, 3.8) is 0 Å². The van der Waals surface area contributed by atoms with Crippen molar-refractivity contribution < 1.29 is 13.2 Å². The maximum atomic E-state index is 12.7. The normalized spacial score (nSPS) is 20.0. The fourth-order valence-electron chi connectivity index (χ4n) is 3.36. The highest BCUT2D eigenvalue weighted by molar-refractivity contribution is 7.91. The van der Waals surface area contributed by atoms with E-state index in [9.17, 15) is 13.2 Å². The second kappa shape index (κ2) is 6.00. The van der Waals surface area contributed by atoms with E-state index < -0.39 is 9.84 Å². The van der Waals surface area contributed by atoms with Crippen LogP contribution in [0.5, 0.6) is 0 Å². The molecule has 124 valence electrons. The number of aromatic amines is 1. The molecule has 0 radical (unpaired) electrons. The van der Waals surface area contributed by atoms with Gasteiger partial charge in [-0.1, -0.05) is 11.6 Å². The minimum Gasteiger partial charge on any atom is -0.361 e. The topological polar surface area (TPSA) is 70.2 Å². The first-order chi connectivity index (χ1) is 10.9. The van der Waals surface area contributed by atoms with E-state index >= 15 is 0 Å². The Morgan fingerprint density at radius 1 is 1.39 bits per heavy atom. The van der Waals surface area contributed by atoms with E-state index in [0.717, 1.165) is 22.0 Å². The molecule has 2 aromatic rings. The highest BCUT2D eigenvalue weighted by Gasteiger charge is 2.33. The zero-order valence-electron chi connectivity index (χ0n) is 13.5. The van der Waals surface area contributed by atoms with E-state index in [4.69, 9.17) is 0 Å². The Labute approximate surface area is 136 Å². The number of nitrogens with one attached hydrogen (secondary N) is 1. The number of amides is 1. The number of nitrogens with zero attached hydrogens (tertiary/aromatic N) is 1. The Morgan fingerprint density at radius 3 is 2.83 bits per heavy atom. The number of hydrogen-bond donors (Lipinski definition) is 1. The average Bonchev–Trinajstić information content (AvgIpc) is 3.03. The van der Waals surface area contributed by atoms with Gasteiger partial charge in [-0.05, 0) is 38.0 Å². The Kier molecular flexibility index (Phi) is 4.19. The Hall–Kier alpha value is -1.82. The molecule has 1 fully saturated rings. The van der Waals surface area contributed by atoms with E-state index in [1.807, 2.05) is 32.2 Å². The monoisotopic (exact) mass is 334 g/mol. The molecule has 5 nitrogen and oxygen atoms in total. The molecular formula is C17H22N2O3S. The van der Waals surface area contributed by atoms with E-state index in [1.54, 1.807) is 4.90 Å². The smallest absolute Gasteiger partial charge is 0.227 e. The van der Waals surface area contributed by atoms with Gasteiger partial charge in [0.25, 0.3) is 0 Å². The molecule has 2 heterocycles. The predicted octanol–water partition coefficient (Wildman–Crippen LogP) is 2.05. The van der Waals surface area contributed by atoms with Crippen molar-refractivity contribution in [2.24, 2.45) is 0 Å². The van der Waals surface area contributed by atoms with Crippen molar-refractivity contribution in [2.45, 2.75) is 32.7 Å². The highest BCUT2D eigenvalue weighted by atomic mass is 32.2. The number of rotatable bonds is 4. The zero-order valence-corrected chi connectivity index (χ0v) is 14.3. The maximum absolute atomic E-state index is 12.7. The van der Waals surface area contributed by atoms with Crippen molar-refractivity contribution in [1.29, 1.82) is 0 Å². The molecule has 1 N–H and O–H groups in total. The van der Waals surface area contributed by atoms with Crippen LogP contribution in [0.4, 0.5) is 0 Å². The summed E-state index contributed by atoms with van der Waals surface area (Å²) >= 11 is 0. The van der Waals surface area contributed by atoms with E-state index in [-0.39, 0.29) is 23.5 Å². The summed E-state index contributed by atoms with van der Waals surface area (Å²) in [7, 11) is -2.99. The summed E-state index contributed by atoms with van der Waals surface area (Å²) in [4.78, 5) is 17.6. The molecule has 1 unspecified atom stereocenters. The third-order valence-electron chi connectivity index (χ3n) is 4.57. The van der Waals surface area contributed by atoms with Crippen LogP contribution in [0, 0.1) is 6.92 Å². The maximum Gasteiger partial charge on any atom is 0.227 e. The summed E-state index contributed by atoms with van der Waals surface area (Å²) in [5.41, 5.74) is 3.14.